The first-order chi connectivity index (χ1) is 14.5. The molecule has 156 valence electrons. The SMILES string of the molecule is CCCOc1ccc(C2c3c(oc4c(C)cc(C)cc4c3=O)C(=O)N2CCC)cc1. The standard InChI is InChI=1S/C25H27NO4/c1-5-11-26-21(17-7-9-18(10-8-17)29-12-6-2)20-22(27)19-14-15(3)13-16(4)23(19)30-24(20)25(26)28/h7-10,13-14,21H,5-6,11-12H2,1-4H3. The summed E-state index contributed by atoms with van der Waals surface area (Å²) in [5.41, 5.74) is 3.56. The minimum Gasteiger partial charge on any atom is -0.494 e. The number of carbonyl (C=O) groups excluding carboxylic acids is 1. The van der Waals surface area contributed by atoms with Crippen LogP contribution in [-0.4, -0.2) is 24.0 Å². The molecule has 0 fully saturated rings. The number of ether oxygens (including phenoxy) is 1. The minimum absolute atomic E-state index is 0.124. The second-order valence-electron chi connectivity index (χ2n) is 7.95. The van der Waals surface area contributed by atoms with E-state index in [0.29, 0.717) is 29.7 Å². The van der Waals surface area contributed by atoms with Crippen molar-refractivity contribution in [1.29, 1.82) is 0 Å². The molecule has 0 radical (unpaired) electrons. The lowest BCUT2D eigenvalue weighted by Gasteiger charge is -2.24. The van der Waals surface area contributed by atoms with E-state index in [1.807, 2.05) is 57.2 Å². The summed E-state index contributed by atoms with van der Waals surface area (Å²) in [7, 11) is 0. The van der Waals surface area contributed by atoms with Gasteiger partial charge in [-0.2, -0.15) is 0 Å². The van der Waals surface area contributed by atoms with E-state index in [-0.39, 0.29) is 17.1 Å². The number of fused-ring (bicyclic) bond motifs is 2. The Hall–Kier alpha value is -3.08. The van der Waals surface area contributed by atoms with E-state index in [2.05, 4.69) is 6.92 Å². The molecule has 0 N–H and O–H groups in total. The van der Waals surface area contributed by atoms with Gasteiger partial charge in [0.05, 0.1) is 23.6 Å². The Morgan fingerprint density at radius 3 is 2.43 bits per heavy atom. The Morgan fingerprint density at radius 2 is 1.77 bits per heavy atom. The molecule has 0 spiro atoms. The molecule has 1 aliphatic heterocycles. The van der Waals surface area contributed by atoms with Crippen LogP contribution < -0.4 is 10.2 Å². The summed E-state index contributed by atoms with van der Waals surface area (Å²) in [4.78, 5) is 28.5. The maximum atomic E-state index is 13.5. The van der Waals surface area contributed by atoms with Gasteiger partial charge in [-0.3, -0.25) is 9.59 Å². The van der Waals surface area contributed by atoms with Crippen LogP contribution in [0, 0.1) is 13.8 Å². The van der Waals surface area contributed by atoms with Crippen molar-refractivity contribution in [2.75, 3.05) is 13.2 Å². The molecular formula is C25H27NO4. The summed E-state index contributed by atoms with van der Waals surface area (Å²) >= 11 is 0. The average Bonchev–Trinajstić information content (AvgIpc) is 3.00. The zero-order valence-electron chi connectivity index (χ0n) is 18.0. The third-order valence-electron chi connectivity index (χ3n) is 5.53. The lowest BCUT2D eigenvalue weighted by atomic mass is 9.97. The number of aryl methyl sites for hydroxylation is 2. The predicted molar refractivity (Wildman–Crippen MR) is 117 cm³/mol. The molecule has 5 nitrogen and oxygen atoms in total. The van der Waals surface area contributed by atoms with E-state index in [4.69, 9.17) is 9.15 Å². The molecule has 0 bridgehead atoms. The van der Waals surface area contributed by atoms with Crippen LogP contribution in [0.3, 0.4) is 0 Å². The van der Waals surface area contributed by atoms with Crippen molar-refractivity contribution in [2.45, 2.75) is 46.6 Å². The normalized spacial score (nSPS) is 15.7. The predicted octanol–water partition coefficient (Wildman–Crippen LogP) is 5.15. The Bertz CT molecular complexity index is 1160. The van der Waals surface area contributed by atoms with E-state index in [1.54, 1.807) is 4.90 Å². The van der Waals surface area contributed by atoms with Crippen LogP contribution >= 0.6 is 0 Å². The third-order valence-corrected chi connectivity index (χ3v) is 5.53. The third kappa shape index (κ3) is 3.28. The number of hydrogen-bond acceptors (Lipinski definition) is 4. The smallest absolute Gasteiger partial charge is 0.290 e. The fourth-order valence-corrected chi connectivity index (χ4v) is 4.26. The Kier molecular flexibility index (Phi) is 5.37. The number of benzene rings is 2. The highest BCUT2D eigenvalue weighted by molar-refractivity contribution is 5.99. The van der Waals surface area contributed by atoms with Crippen molar-refractivity contribution in [2.24, 2.45) is 0 Å². The summed E-state index contributed by atoms with van der Waals surface area (Å²) in [5, 5.41) is 0.533. The largest absolute Gasteiger partial charge is 0.494 e. The molecule has 0 saturated heterocycles. The topological polar surface area (TPSA) is 59.8 Å². The van der Waals surface area contributed by atoms with Crippen molar-refractivity contribution in [3.05, 3.63) is 74.6 Å². The number of carbonyl (C=O) groups is 1. The quantitative estimate of drug-likeness (QED) is 0.569. The average molecular weight is 405 g/mol. The van der Waals surface area contributed by atoms with E-state index in [9.17, 15) is 9.59 Å². The van der Waals surface area contributed by atoms with Gasteiger partial charge in [0.2, 0.25) is 5.76 Å². The molecule has 0 aliphatic carbocycles. The minimum atomic E-state index is -0.450. The molecule has 1 aromatic heterocycles. The molecule has 1 atom stereocenters. The van der Waals surface area contributed by atoms with Gasteiger partial charge < -0.3 is 14.1 Å². The summed E-state index contributed by atoms with van der Waals surface area (Å²) in [6.07, 6.45) is 1.73. The van der Waals surface area contributed by atoms with Crippen molar-refractivity contribution in [1.82, 2.24) is 4.90 Å². The zero-order chi connectivity index (χ0) is 21.4. The highest BCUT2D eigenvalue weighted by Gasteiger charge is 2.42. The molecule has 3 aromatic rings. The molecule has 2 aromatic carbocycles. The van der Waals surface area contributed by atoms with E-state index < -0.39 is 6.04 Å². The number of amides is 1. The van der Waals surface area contributed by atoms with Crippen molar-refractivity contribution in [3.63, 3.8) is 0 Å². The summed E-state index contributed by atoms with van der Waals surface area (Å²) in [6, 6.07) is 11.0. The maximum Gasteiger partial charge on any atom is 0.290 e. The van der Waals surface area contributed by atoms with Crippen molar-refractivity contribution < 1.29 is 13.9 Å². The Labute approximate surface area is 176 Å². The molecule has 1 unspecified atom stereocenters. The van der Waals surface area contributed by atoms with E-state index in [0.717, 1.165) is 35.3 Å². The summed E-state index contributed by atoms with van der Waals surface area (Å²) < 4.78 is 11.8. The number of rotatable bonds is 6. The zero-order valence-corrected chi connectivity index (χ0v) is 18.0. The Balaban J connectivity index is 1.90. The number of hydrogen-bond donors (Lipinski definition) is 0. The molecular weight excluding hydrogens is 378 g/mol. The van der Waals surface area contributed by atoms with E-state index in [1.165, 1.54) is 0 Å². The summed E-state index contributed by atoms with van der Waals surface area (Å²) in [5.74, 6) is 0.732. The van der Waals surface area contributed by atoms with Gasteiger partial charge in [-0.15, -0.1) is 0 Å². The van der Waals surface area contributed by atoms with Crippen molar-refractivity contribution in [3.8, 4) is 5.75 Å². The molecule has 0 saturated carbocycles. The van der Waals surface area contributed by atoms with Gasteiger partial charge in [-0.05, 0) is 61.6 Å². The molecule has 30 heavy (non-hydrogen) atoms. The first kappa shape index (κ1) is 20.2. The van der Waals surface area contributed by atoms with Crippen LogP contribution in [-0.2, 0) is 0 Å². The first-order valence-electron chi connectivity index (χ1n) is 10.6. The van der Waals surface area contributed by atoms with Gasteiger partial charge in [0, 0.05) is 6.54 Å². The fourth-order valence-electron chi connectivity index (χ4n) is 4.26. The molecule has 1 amide bonds. The maximum absolute atomic E-state index is 13.5. The highest BCUT2D eigenvalue weighted by atomic mass is 16.5. The van der Waals surface area contributed by atoms with Crippen LogP contribution in [0.15, 0.2) is 45.6 Å². The van der Waals surface area contributed by atoms with Gasteiger partial charge in [0.15, 0.2) is 5.43 Å². The fraction of sp³-hybridized carbons (Fsp3) is 0.360. The highest BCUT2D eigenvalue weighted by Crippen LogP contribution is 2.39. The molecule has 4 rings (SSSR count). The second-order valence-corrected chi connectivity index (χ2v) is 7.95. The van der Waals surface area contributed by atoms with Crippen LogP contribution in [0.5, 0.6) is 5.75 Å². The van der Waals surface area contributed by atoms with Gasteiger partial charge in [0.1, 0.15) is 11.3 Å². The molecule has 1 aliphatic rings. The van der Waals surface area contributed by atoms with Crippen LogP contribution in [0.2, 0.25) is 0 Å². The van der Waals surface area contributed by atoms with Crippen LogP contribution in [0.25, 0.3) is 11.0 Å². The van der Waals surface area contributed by atoms with E-state index >= 15 is 0 Å². The lowest BCUT2D eigenvalue weighted by Crippen LogP contribution is -2.30. The second kappa shape index (κ2) is 7.98. The summed E-state index contributed by atoms with van der Waals surface area (Å²) in [6.45, 7) is 9.15. The first-order valence-corrected chi connectivity index (χ1v) is 10.6. The van der Waals surface area contributed by atoms with Crippen molar-refractivity contribution >= 4 is 16.9 Å². The van der Waals surface area contributed by atoms with Gasteiger partial charge in [0.25, 0.3) is 5.91 Å². The molecule has 2 heterocycles. The number of nitrogens with zero attached hydrogens (tertiary/aromatic N) is 1. The van der Waals surface area contributed by atoms with Crippen LogP contribution in [0.4, 0.5) is 0 Å². The van der Waals surface area contributed by atoms with Gasteiger partial charge in [-0.1, -0.05) is 32.0 Å². The van der Waals surface area contributed by atoms with Crippen LogP contribution in [0.1, 0.15) is 65.5 Å². The Morgan fingerprint density at radius 1 is 1.03 bits per heavy atom. The van der Waals surface area contributed by atoms with Gasteiger partial charge in [-0.25, -0.2) is 0 Å². The monoisotopic (exact) mass is 405 g/mol. The molecule has 5 heteroatoms. The lowest BCUT2D eigenvalue weighted by molar-refractivity contribution is 0.0728. The van der Waals surface area contributed by atoms with Gasteiger partial charge >= 0.3 is 0 Å².